The number of carboxylic acid groups (broad SMARTS) is 1. The van der Waals surface area contributed by atoms with Gasteiger partial charge in [0, 0.05) is 34.5 Å². The monoisotopic (exact) mass is 567 g/mol. The summed E-state index contributed by atoms with van der Waals surface area (Å²) in [4.78, 5) is 21.9. The zero-order valence-corrected chi connectivity index (χ0v) is 24.2. The number of pyridine rings is 2. The number of fused-ring (bicyclic) bond motifs is 2. The molecule has 7 heteroatoms. The lowest BCUT2D eigenvalue weighted by atomic mass is 9.79. The topological polar surface area (TPSA) is 77.2 Å². The molecule has 0 atom stereocenters. The standard InChI is InChI=1S/C34H34ClN3O3/c1-34(2,33(39)40)18-31-28(16-22-6-5-7-22)29-17-27(41-21-26-15-12-24-8-3-4-9-30(24)37-26)19-36-32(29)38(31)20-23-10-13-25(35)14-11-23/h3-4,8-15,17,19,22H,5-7,16,18,20-21H2,1-2H3,(H,39,40). The van der Waals surface area contributed by atoms with Gasteiger partial charge in [0.2, 0.25) is 0 Å². The second-order valence-corrected chi connectivity index (χ2v) is 12.3. The van der Waals surface area contributed by atoms with Gasteiger partial charge in [0.1, 0.15) is 18.0 Å². The number of benzene rings is 2. The first-order valence-corrected chi connectivity index (χ1v) is 14.6. The molecule has 1 aliphatic carbocycles. The predicted octanol–water partition coefficient (Wildman–Crippen LogP) is 7.86. The van der Waals surface area contributed by atoms with E-state index >= 15 is 0 Å². The van der Waals surface area contributed by atoms with Crippen LogP contribution < -0.4 is 4.74 Å². The van der Waals surface area contributed by atoms with Crippen molar-refractivity contribution in [2.24, 2.45) is 11.3 Å². The Balaban J connectivity index is 1.40. The molecule has 5 aromatic rings. The maximum atomic E-state index is 12.2. The summed E-state index contributed by atoms with van der Waals surface area (Å²) in [6.45, 7) is 4.51. The number of nitrogens with zero attached hydrogens (tertiary/aromatic N) is 3. The van der Waals surface area contributed by atoms with Gasteiger partial charge in [-0.15, -0.1) is 0 Å². The number of para-hydroxylation sites is 1. The number of hydrogen-bond acceptors (Lipinski definition) is 4. The number of ether oxygens (including phenoxy) is 1. The van der Waals surface area contributed by atoms with Gasteiger partial charge in [0.15, 0.2) is 0 Å². The number of aromatic nitrogens is 3. The molecule has 0 amide bonds. The van der Waals surface area contributed by atoms with E-state index in [-0.39, 0.29) is 0 Å². The van der Waals surface area contributed by atoms with E-state index in [4.69, 9.17) is 26.3 Å². The third-order valence-corrected chi connectivity index (χ3v) is 8.55. The van der Waals surface area contributed by atoms with Crippen LogP contribution in [-0.4, -0.2) is 25.6 Å². The van der Waals surface area contributed by atoms with Gasteiger partial charge in [0.25, 0.3) is 0 Å². The second kappa shape index (κ2) is 11.2. The minimum atomic E-state index is -0.929. The summed E-state index contributed by atoms with van der Waals surface area (Å²) in [7, 11) is 0. The average Bonchev–Trinajstić information content (AvgIpc) is 3.21. The highest BCUT2D eigenvalue weighted by Gasteiger charge is 2.33. The van der Waals surface area contributed by atoms with Gasteiger partial charge in [-0.25, -0.2) is 9.97 Å². The Morgan fingerprint density at radius 2 is 1.88 bits per heavy atom. The molecular weight excluding hydrogens is 534 g/mol. The van der Waals surface area contributed by atoms with Gasteiger partial charge in [-0.05, 0) is 67.6 Å². The summed E-state index contributed by atoms with van der Waals surface area (Å²) in [5, 5.41) is 12.9. The SMILES string of the molecule is CC(C)(Cc1c(CC2CCC2)c2cc(OCc3ccc4ccccc4n3)cnc2n1Cc1ccc(Cl)cc1)C(=O)O. The van der Waals surface area contributed by atoms with Crippen LogP contribution in [0.5, 0.6) is 5.75 Å². The molecule has 1 aliphatic rings. The Morgan fingerprint density at radius 1 is 1.10 bits per heavy atom. The van der Waals surface area contributed by atoms with Crippen molar-refractivity contribution in [3.05, 3.63) is 100 Å². The van der Waals surface area contributed by atoms with Crippen LogP contribution in [0, 0.1) is 11.3 Å². The van der Waals surface area contributed by atoms with Crippen LogP contribution in [0.4, 0.5) is 0 Å². The zero-order chi connectivity index (χ0) is 28.6. The highest BCUT2D eigenvalue weighted by molar-refractivity contribution is 6.30. The number of rotatable bonds is 10. The Kier molecular flexibility index (Phi) is 7.43. The molecule has 6 rings (SSSR count). The van der Waals surface area contributed by atoms with Crippen molar-refractivity contribution < 1.29 is 14.6 Å². The summed E-state index contributed by atoms with van der Waals surface area (Å²) < 4.78 is 8.43. The third-order valence-electron chi connectivity index (χ3n) is 8.30. The Morgan fingerprint density at radius 3 is 2.61 bits per heavy atom. The molecule has 0 bridgehead atoms. The van der Waals surface area contributed by atoms with E-state index in [1.54, 1.807) is 20.0 Å². The molecule has 1 saturated carbocycles. The number of aliphatic carboxylic acids is 1. The van der Waals surface area contributed by atoms with Crippen molar-refractivity contribution in [3.8, 4) is 5.75 Å². The molecule has 3 aromatic heterocycles. The maximum absolute atomic E-state index is 12.2. The van der Waals surface area contributed by atoms with E-state index in [0.717, 1.165) is 45.3 Å². The van der Waals surface area contributed by atoms with Gasteiger partial charge in [-0.1, -0.05) is 67.3 Å². The van der Waals surface area contributed by atoms with Gasteiger partial charge < -0.3 is 14.4 Å². The van der Waals surface area contributed by atoms with E-state index in [0.29, 0.717) is 36.3 Å². The molecule has 6 nitrogen and oxygen atoms in total. The Bertz CT molecular complexity index is 1720. The van der Waals surface area contributed by atoms with Crippen molar-refractivity contribution in [2.45, 2.75) is 59.1 Å². The van der Waals surface area contributed by atoms with Crippen molar-refractivity contribution in [2.75, 3.05) is 0 Å². The van der Waals surface area contributed by atoms with Crippen LogP contribution in [0.1, 0.15) is 55.6 Å². The first-order valence-electron chi connectivity index (χ1n) is 14.2. The lowest BCUT2D eigenvalue weighted by molar-refractivity contribution is -0.146. The fourth-order valence-corrected chi connectivity index (χ4v) is 5.72. The molecule has 0 radical (unpaired) electrons. The van der Waals surface area contributed by atoms with E-state index in [9.17, 15) is 9.90 Å². The molecule has 1 N–H and O–H groups in total. The molecule has 3 heterocycles. The number of halogens is 1. The zero-order valence-electron chi connectivity index (χ0n) is 23.4. The van der Waals surface area contributed by atoms with E-state index in [2.05, 4.69) is 16.7 Å². The number of carboxylic acids is 1. The lowest BCUT2D eigenvalue weighted by Crippen LogP contribution is -2.28. The molecule has 41 heavy (non-hydrogen) atoms. The van der Waals surface area contributed by atoms with Crippen LogP contribution in [0.25, 0.3) is 21.9 Å². The number of carbonyl (C=O) groups is 1. The second-order valence-electron chi connectivity index (χ2n) is 11.8. The first-order chi connectivity index (χ1) is 19.8. The summed E-state index contributed by atoms with van der Waals surface area (Å²) in [6.07, 6.45) is 6.72. The molecular formula is C34H34ClN3O3. The molecule has 0 unspecified atom stereocenters. The van der Waals surface area contributed by atoms with E-state index in [1.807, 2.05) is 54.6 Å². The average molecular weight is 568 g/mol. The predicted molar refractivity (Wildman–Crippen MR) is 163 cm³/mol. The van der Waals surface area contributed by atoms with Crippen molar-refractivity contribution in [3.63, 3.8) is 0 Å². The van der Waals surface area contributed by atoms with E-state index < -0.39 is 11.4 Å². The van der Waals surface area contributed by atoms with Gasteiger partial charge >= 0.3 is 5.97 Å². The van der Waals surface area contributed by atoms with Gasteiger partial charge in [-0.2, -0.15) is 0 Å². The normalized spacial score (nSPS) is 13.9. The van der Waals surface area contributed by atoms with Crippen molar-refractivity contribution in [1.29, 1.82) is 0 Å². The molecule has 0 spiro atoms. The smallest absolute Gasteiger partial charge is 0.309 e. The Labute approximate surface area is 245 Å². The van der Waals surface area contributed by atoms with Gasteiger partial charge in [0.05, 0.1) is 22.8 Å². The molecule has 1 fully saturated rings. The number of hydrogen-bond donors (Lipinski definition) is 1. The third kappa shape index (κ3) is 5.80. The Hall–Kier alpha value is -3.90. The van der Waals surface area contributed by atoms with Crippen molar-refractivity contribution >= 4 is 39.5 Å². The van der Waals surface area contributed by atoms with E-state index in [1.165, 1.54) is 24.8 Å². The highest BCUT2D eigenvalue weighted by atomic mass is 35.5. The molecule has 210 valence electrons. The molecule has 0 saturated heterocycles. The summed E-state index contributed by atoms with van der Waals surface area (Å²) in [5.74, 6) is 0.466. The van der Waals surface area contributed by atoms with Crippen LogP contribution >= 0.6 is 11.6 Å². The quantitative estimate of drug-likeness (QED) is 0.186. The largest absolute Gasteiger partial charge is 0.486 e. The first kappa shape index (κ1) is 27.3. The summed E-state index contributed by atoms with van der Waals surface area (Å²) in [5.41, 5.74) is 5.02. The fraction of sp³-hybridized carbons (Fsp3) is 0.324. The molecule has 2 aromatic carbocycles. The van der Waals surface area contributed by atoms with Crippen LogP contribution in [0.15, 0.2) is 72.9 Å². The highest BCUT2D eigenvalue weighted by Crippen LogP contribution is 2.38. The van der Waals surface area contributed by atoms with Crippen molar-refractivity contribution in [1.82, 2.24) is 14.5 Å². The van der Waals surface area contributed by atoms with Gasteiger partial charge in [-0.3, -0.25) is 4.79 Å². The lowest BCUT2D eigenvalue weighted by Gasteiger charge is -2.27. The maximum Gasteiger partial charge on any atom is 0.309 e. The summed E-state index contributed by atoms with van der Waals surface area (Å²) in [6, 6.07) is 22.0. The van der Waals surface area contributed by atoms with Crippen LogP contribution in [0.2, 0.25) is 5.02 Å². The molecule has 0 aliphatic heterocycles. The van der Waals surface area contributed by atoms with Crippen LogP contribution in [-0.2, 0) is 30.8 Å². The fourth-order valence-electron chi connectivity index (χ4n) is 5.60. The minimum Gasteiger partial charge on any atom is -0.486 e. The minimum absolute atomic E-state index is 0.334. The summed E-state index contributed by atoms with van der Waals surface area (Å²) >= 11 is 6.16. The van der Waals surface area contributed by atoms with Crippen LogP contribution in [0.3, 0.4) is 0 Å².